The number of hydrogen-bond donors (Lipinski definition) is 0. The van der Waals surface area contributed by atoms with Crippen LogP contribution in [0.1, 0.15) is 65.3 Å². The minimum atomic E-state index is -0.0498. The highest BCUT2D eigenvalue weighted by Crippen LogP contribution is 2.49. The van der Waals surface area contributed by atoms with Gasteiger partial charge in [-0.1, -0.05) is 177 Å². The fraction of sp³-hybridized carbons (Fsp3) is 0.164. The maximum absolute atomic E-state index is 5.07. The monoisotopic (exact) mass is 740 g/mol. The van der Waals surface area contributed by atoms with E-state index in [0.29, 0.717) is 0 Å². The smallest absolute Gasteiger partial charge is 0.160 e. The molecule has 0 unspecified atom stereocenters. The molecule has 57 heavy (non-hydrogen) atoms. The lowest BCUT2D eigenvalue weighted by Crippen LogP contribution is -2.15. The van der Waals surface area contributed by atoms with Crippen molar-refractivity contribution in [3.8, 4) is 44.9 Å². The van der Waals surface area contributed by atoms with Crippen LogP contribution in [0.15, 0.2) is 164 Å². The van der Waals surface area contributed by atoms with E-state index in [4.69, 9.17) is 9.97 Å². The summed E-state index contributed by atoms with van der Waals surface area (Å²) in [7, 11) is 0. The SMILES string of the molecule is C/C=C\c1cc(-c2ccccc2C)c(C)cc1C.Cc1ccc2c(c1)C(C)(C)c1cc(-c3nc(-c4ccccc4)c4ccccc4n3)ccc1-2.Cc1ccccc1. The third-order valence-corrected chi connectivity index (χ3v) is 11.1. The van der Waals surface area contributed by atoms with Crippen molar-refractivity contribution < 1.29 is 0 Å². The standard InChI is InChI=1S/C30H24N2.C18H20.C7H8/c1-19-13-15-22-23-16-14-21(18-26(23)30(2,3)25(22)17-19)29-31-27-12-8-7-11-24(27)28(32-29)20-9-5-4-6-10-20;1-5-8-16-12-18(15(4)11-14(16)3)17-10-7-6-9-13(17)2;1-7-5-3-2-4-6-7/h4-18H,1-3H3;5-12H,1-4H3;2-6H,1H3/b;8-5-;. The second-order valence-corrected chi connectivity index (χ2v) is 15.7. The van der Waals surface area contributed by atoms with Crippen LogP contribution in [-0.4, -0.2) is 9.97 Å². The molecule has 0 saturated carbocycles. The van der Waals surface area contributed by atoms with Gasteiger partial charge in [-0.2, -0.15) is 0 Å². The molecule has 8 aromatic rings. The number of nitrogens with zero attached hydrogens (tertiary/aromatic N) is 2. The highest BCUT2D eigenvalue weighted by atomic mass is 14.9. The predicted molar refractivity (Wildman–Crippen MR) is 245 cm³/mol. The Labute approximate surface area is 339 Å². The molecular weight excluding hydrogens is 689 g/mol. The Morgan fingerprint density at radius 2 is 1.09 bits per heavy atom. The highest BCUT2D eigenvalue weighted by Gasteiger charge is 2.35. The number of para-hydroxylation sites is 1. The van der Waals surface area contributed by atoms with E-state index in [0.717, 1.165) is 33.5 Å². The van der Waals surface area contributed by atoms with Gasteiger partial charge in [-0.05, 0) is 115 Å². The maximum Gasteiger partial charge on any atom is 0.160 e. The van der Waals surface area contributed by atoms with Gasteiger partial charge in [0.05, 0.1) is 11.2 Å². The van der Waals surface area contributed by atoms with Crippen molar-refractivity contribution in [1.82, 2.24) is 9.97 Å². The van der Waals surface area contributed by atoms with Crippen molar-refractivity contribution in [2.45, 2.75) is 60.8 Å². The third kappa shape index (κ3) is 8.27. The van der Waals surface area contributed by atoms with Gasteiger partial charge in [0.2, 0.25) is 0 Å². The number of hydrogen-bond acceptors (Lipinski definition) is 2. The molecule has 2 nitrogen and oxygen atoms in total. The van der Waals surface area contributed by atoms with Crippen molar-refractivity contribution in [2.24, 2.45) is 0 Å². The van der Waals surface area contributed by atoms with Gasteiger partial charge >= 0.3 is 0 Å². The topological polar surface area (TPSA) is 25.8 Å². The molecule has 282 valence electrons. The van der Waals surface area contributed by atoms with Gasteiger partial charge in [0.1, 0.15) is 0 Å². The van der Waals surface area contributed by atoms with E-state index in [-0.39, 0.29) is 5.41 Å². The van der Waals surface area contributed by atoms with Gasteiger partial charge in [-0.3, -0.25) is 0 Å². The van der Waals surface area contributed by atoms with E-state index < -0.39 is 0 Å². The largest absolute Gasteiger partial charge is 0.228 e. The molecule has 1 heterocycles. The third-order valence-electron chi connectivity index (χ3n) is 11.1. The lowest BCUT2D eigenvalue weighted by atomic mass is 9.81. The Morgan fingerprint density at radius 3 is 1.77 bits per heavy atom. The Morgan fingerprint density at radius 1 is 0.456 bits per heavy atom. The van der Waals surface area contributed by atoms with Crippen LogP contribution in [-0.2, 0) is 5.41 Å². The fourth-order valence-electron chi connectivity index (χ4n) is 7.94. The highest BCUT2D eigenvalue weighted by molar-refractivity contribution is 5.94. The van der Waals surface area contributed by atoms with Crippen LogP contribution in [0, 0.1) is 34.6 Å². The van der Waals surface area contributed by atoms with Crippen LogP contribution < -0.4 is 0 Å². The summed E-state index contributed by atoms with van der Waals surface area (Å²) in [6.07, 6.45) is 4.27. The molecule has 0 fully saturated rings. The van der Waals surface area contributed by atoms with Crippen molar-refractivity contribution in [3.63, 3.8) is 0 Å². The summed E-state index contributed by atoms with van der Waals surface area (Å²) in [6, 6.07) is 55.6. The molecule has 0 atom stereocenters. The van der Waals surface area contributed by atoms with Crippen LogP contribution >= 0.6 is 0 Å². The Balaban J connectivity index is 0.000000166. The summed E-state index contributed by atoms with van der Waals surface area (Å²) in [6.45, 7) is 17.5. The summed E-state index contributed by atoms with van der Waals surface area (Å²) in [4.78, 5) is 10.0. The average molecular weight is 741 g/mol. The van der Waals surface area contributed by atoms with Crippen LogP contribution in [0.5, 0.6) is 0 Å². The van der Waals surface area contributed by atoms with Gasteiger partial charge in [0.25, 0.3) is 0 Å². The fourth-order valence-corrected chi connectivity index (χ4v) is 7.94. The number of aryl methyl sites for hydroxylation is 5. The lowest BCUT2D eigenvalue weighted by molar-refractivity contribution is 0.660. The molecule has 1 aliphatic rings. The van der Waals surface area contributed by atoms with E-state index in [1.54, 1.807) is 0 Å². The molecule has 0 N–H and O–H groups in total. The minimum absolute atomic E-state index is 0.0498. The van der Waals surface area contributed by atoms with Gasteiger partial charge in [-0.15, -0.1) is 0 Å². The summed E-state index contributed by atoms with van der Waals surface area (Å²) in [5.41, 5.74) is 20.1. The van der Waals surface area contributed by atoms with Gasteiger partial charge in [-0.25, -0.2) is 9.97 Å². The molecule has 0 spiro atoms. The van der Waals surface area contributed by atoms with Crippen LogP contribution in [0.25, 0.3) is 61.9 Å². The molecule has 2 heteroatoms. The molecule has 0 amide bonds. The maximum atomic E-state index is 5.07. The Kier molecular flexibility index (Phi) is 11.4. The molecule has 0 bridgehead atoms. The van der Waals surface area contributed by atoms with E-state index in [1.807, 2.05) is 30.3 Å². The molecule has 1 aliphatic carbocycles. The first-order chi connectivity index (χ1) is 27.5. The van der Waals surface area contributed by atoms with E-state index in [2.05, 4.69) is 195 Å². The first kappa shape index (κ1) is 38.9. The summed E-state index contributed by atoms with van der Waals surface area (Å²) >= 11 is 0. The molecule has 0 saturated heterocycles. The molecule has 0 radical (unpaired) electrons. The van der Waals surface area contributed by atoms with Crippen LogP contribution in [0.4, 0.5) is 0 Å². The second kappa shape index (κ2) is 16.8. The summed E-state index contributed by atoms with van der Waals surface area (Å²) in [5.74, 6) is 0.772. The number of benzene rings is 7. The van der Waals surface area contributed by atoms with Crippen molar-refractivity contribution >= 4 is 17.0 Å². The zero-order valence-corrected chi connectivity index (χ0v) is 34.6. The van der Waals surface area contributed by atoms with Crippen molar-refractivity contribution in [2.75, 3.05) is 0 Å². The zero-order valence-electron chi connectivity index (χ0n) is 34.6. The molecular formula is C55H52N2. The first-order valence-corrected chi connectivity index (χ1v) is 20.0. The number of fused-ring (bicyclic) bond motifs is 4. The van der Waals surface area contributed by atoms with Crippen LogP contribution in [0.2, 0.25) is 0 Å². The van der Waals surface area contributed by atoms with Crippen LogP contribution in [0.3, 0.4) is 0 Å². The van der Waals surface area contributed by atoms with Gasteiger partial charge < -0.3 is 0 Å². The molecule has 1 aromatic heterocycles. The number of rotatable bonds is 4. The second-order valence-electron chi connectivity index (χ2n) is 15.7. The summed E-state index contributed by atoms with van der Waals surface area (Å²) in [5, 5.41) is 1.08. The number of aromatic nitrogens is 2. The molecule has 7 aromatic carbocycles. The van der Waals surface area contributed by atoms with E-state index in [1.165, 1.54) is 66.8 Å². The van der Waals surface area contributed by atoms with E-state index in [9.17, 15) is 0 Å². The number of allylic oxidation sites excluding steroid dienone is 1. The van der Waals surface area contributed by atoms with Crippen molar-refractivity contribution in [3.05, 3.63) is 208 Å². The predicted octanol–water partition coefficient (Wildman–Crippen LogP) is 14.9. The Bertz CT molecular complexity index is 2700. The minimum Gasteiger partial charge on any atom is -0.228 e. The quantitative estimate of drug-likeness (QED) is 0.180. The lowest BCUT2D eigenvalue weighted by Gasteiger charge is -2.22. The average Bonchev–Trinajstić information content (AvgIpc) is 3.44. The van der Waals surface area contributed by atoms with Gasteiger partial charge in [0.15, 0.2) is 5.82 Å². The first-order valence-electron chi connectivity index (χ1n) is 20.0. The zero-order chi connectivity index (χ0) is 40.1. The van der Waals surface area contributed by atoms with E-state index >= 15 is 0 Å². The molecule has 9 rings (SSSR count). The molecule has 0 aliphatic heterocycles. The Hall–Kier alpha value is -6.38. The summed E-state index contributed by atoms with van der Waals surface area (Å²) < 4.78 is 0. The van der Waals surface area contributed by atoms with Gasteiger partial charge in [0, 0.05) is 21.9 Å². The normalized spacial score (nSPS) is 12.3. The van der Waals surface area contributed by atoms with Crippen molar-refractivity contribution in [1.29, 1.82) is 0 Å².